The first kappa shape index (κ1) is 16.7. The maximum absolute atomic E-state index is 9.09. The van der Waals surface area contributed by atoms with E-state index >= 15 is 0 Å². The lowest BCUT2D eigenvalue weighted by molar-refractivity contribution is 0.317. The molecule has 0 aliphatic rings. The van der Waals surface area contributed by atoms with Gasteiger partial charge in [-0.1, -0.05) is 93.8 Å². The van der Waals surface area contributed by atoms with Gasteiger partial charge in [0, 0.05) is 0 Å². The summed E-state index contributed by atoms with van der Waals surface area (Å²) in [5.41, 5.74) is 1.85. The van der Waals surface area contributed by atoms with Gasteiger partial charge in [0.2, 0.25) is 0 Å². The zero-order valence-electron chi connectivity index (χ0n) is 12.9. The largest absolute Gasteiger partial charge is 0.411 e. The summed E-state index contributed by atoms with van der Waals surface area (Å²) in [6, 6.07) is 9.95. The van der Waals surface area contributed by atoms with Gasteiger partial charge in [-0.05, 0) is 18.4 Å². The van der Waals surface area contributed by atoms with Crippen LogP contribution in [0.4, 0.5) is 0 Å². The van der Waals surface area contributed by atoms with Gasteiger partial charge in [-0.3, -0.25) is 0 Å². The first-order chi connectivity index (χ1) is 9.88. The minimum Gasteiger partial charge on any atom is -0.411 e. The Labute approximate surface area is 123 Å². The van der Waals surface area contributed by atoms with Crippen LogP contribution in [-0.4, -0.2) is 10.9 Å². The molecule has 0 unspecified atom stereocenters. The van der Waals surface area contributed by atoms with Crippen LogP contribution in [0.25, 0.3) is 0 Å². The fourth-order valence-electron chi connectivity index (χ4n) is 2.49. The molecule has 1 aromatic rings. The molecule has 20 heavy (non-hydrogen) atoms. The van der Waals surface area contributed by atoms with Gasteiger partial charge in [0.05, 0.1) is 5.71 Å². The summed E-state index contributed by atoms with van der Waals surface area (Å²) in [5.74, 6) is 0. The molecule has 0 saturated carbocycles. The topological polar surface area (TPSA) is 32.6 Å². The second-order valence-corrected chi connectivity index (χ2v) is 5.49. The average Bonchev–Trinajstić information content (AvgIpc) is 2.50. The summed E-state index contributed by atoms with van der Waals surface area (Å²) in [4.78, 5) is 0. The molecule has 0 aliphatic heterocycles. The van der Waals surface area contributed by atoms with Crippen LogP contribution in [0.15, 0.2) is 35.5 Å². The number of rotatable bonds is 11. The number of hydrogen-bond donors (Lipinski definition) is 1. The molecule has 0 aromatic heterocycles. The molecular formula is C18H29NO. The van der Waals surface area contributed by atoms with E-state index in [9.17, 15) is 0 Å². The molecule has 0 heterocycles. The maximum Gasteiger partial charge on any atom is 0.0867 e. The van der Waals surface area contributed by atoms with E-state index in [0.29, 0.717) is 0 Å². The van der Waals surface area contributed by atoms with Crippen LogP contribution in [0.1, 0.15) is 76.7 Å². The van der Waals surface area contributed by atoms with E-state index < -0.39 is 0 Å². The lowest BCUT2D eigenvalue weighted by Gasteiger charge is -2.05. The highest BCUT2D eigenvalue weighted by Crippen LogP contribution is 2.13. The van der Waals surface area contributed by atoms with E-state index in [1.54, 1.807) is 0 Å². The van der Waals surface area contributed by atoms with E-state index in [1.807, 2.05) is 30.3 Å². The number of oxime groups is 1. The molecule has 0 atom stereocenters. The first-order valence-corrected chi connectivity index (χ1v) is 8.14. The van der Waals surface area contributed by atoms with Crippen LogP contribution in [-0.2, 0) is 0 Å². The fourth-order valence-corrected chi connectivity index (χ4v) is 2.49. The number of hydrogen-bond acceptors (Lipinski definition) is 2. The van der Waals surface area contributed by atoms with Crippen molar-refractivity contribution in [2.24, 2.45) is 5.16 Å². The minimum atomic E-state index is 0.813. The van der Waals surface area contributed by atoms with Crippen molar-refractivity contribution in [2.45, 2.75) is 71.1 Å². The third-order valence-corrected chi connectivity index (χ3v) is 3.74. The summed E-state index contributed by atoms with van der Waals surface area (Å²) in [6.45, 7) is 2.26. The van der Waals surface area contributed by atoms with Crippen LogP contribution in [0.2, 0.25) is 0 Å². The fraction of sp³-hybridized carbons (Fsp3) is 0.611. The highest BCUT2D eigenvalue weighted by molar-refractivity contribution is 6.00. The molecule has 1 aromatic carbocycles. The van der Waals surface area contributed by atoms with E-state index in [2.05, 4.69) is 12.1 Å². The van der Waals surface area contributed by atoms with Crippen LogP contribution < -0.4 is 0 Å². The SMILES string of the molecule is CCCCCCCCCCC/C(=N/O)c1ccccc1. The van der Waals surface area contributed by atoms with Crippen molar-refractivity contribution in [3.05, 3.63) is 35.9 Å². The third-order valence-electron chi connectivity index (χ3n) is 3.74. The minimum absolute atomic E-state index is 0.813. The lowest BCUT2D eigenvalue weighted by atomic mass is 10.0. The number of unbranched alkanes of at least 4 members (excludes halogenated alkanes) is 8. The highest BCUT2D eigenvalue weighted by Gasteiger charge is 2.03. The number of benzene rings is 1. The van der Waals surface area contributed by atoms with Crippen LogP contribution in [0.5, 0.6) is 0 Å². The Kier molecular flexibility index (Phi) is 9.64. The maximum atomic E-state index is 9.09. The van der Waals surface area contributed by atoms with E-state index in [4.69, 9.17) is 5.21 Å². The molecule has 1 rings (SSSR count). The predicted octanol–water partition coefficient (Wildman–Crippen LogP) is 5.79. The summed E-state index contributed by atoms with van der Waals surface area (Å²) in [7, 11) is 0. The lowest BCUT2D eigenvalue weighted by Crippen LogP contribution is -2.00. The summed E-state index contributed by atoms with van der Waals surface area (Å²) in [5, 5.41) is 12.5. The van der Waals surface area contributed by atoms with Gasteiger partial charge in [-0.25, -0.2) is 0 Å². The van der Waals surface area contributed by atoms with E-state index in [0.717, 1.165) is 24.1 Å². The standard InChI is InChI=1S/C18H29NO/c1-2-3-4-5-6-7-8-9-13-16-18(19-20)17-14-11-10-12-15-17/h10-12,14-15,20H,2-9,13,16H2,1H3/b19-18-. The summed E-state index contributed by atoms with van der Waals surface area (Å²) >= 11 is 0. The normalized spacial score (nSPS) is 11.8. The molecule has 0 fully saturated rings. The van der Waals surface area contributed by atoms with Crippen LogP contribution in [0.3, 0.4) is 0 Å². The van der Waals surface area contributed by atoms with Gasteiger partial charge in [-0.15, -0.1) is 0 Å². The van der Waals surface area contributed by atoms with Crippen molar-refractivity contribution in [1.82, 2.24) is 0 Å². The zero-order chi connectivity index (χ0) is 14.5. The van der Waals surface area contributed by atoms with Gasteiger partial charge >= 0.3 is 0 Å². The molecule has 2 nitrogen and oxygen atoms in total. The molecule has 0 spiro atoms. The molecular weight excluding hydrogens is 246 g/mol. The van der Waals surface area contributed by atoms with Gasteiger partial charge < -0.3 is 5.21 Å². The molecule has 0 saturated heterocycles. The summed E-state index contributed by atoms with van der Waals surface area (Å²) in [6.07, 6.45) is 12.7. The van der Waals surface area contributed by atoms with Crippen molar-refractivity contribution < 1.29 is 5.21 Å². The monoisotopic (exact) mass is 275 g/mol. The van der Waals surface area contributed by atoms with E-state index in [1.165, 1.54) is 51.4 Å². The average molecular weight is 275 g/mol. The quantitative estimate of drug-likeness (QED) is 0.236. The van der Waals surface area contributed by atoms with Crippen molar-refractivity contribution in [1.29, 1.82) is 0 Å². The van der Waals surface area contributed by atoms with Gasteiger partial charge in [-0.2, -0.15) is 0 Å². The third kappa shape index (κ3) is 7.32. The Morgan fingerprint density at radius 1 is 0.850 bits per heavy atom. The smallest absolute Gasteiger partial charge is 0.0867 e. The predicted molar refractivity (Wildman–Crippen MR) is 86.6 cm³/mol. The summed E-state index contributed by atoms with van der Waals surface area (Å²) < 4.78 is 0. The van der Waals surface area contributed by atoms with E-state index in [-0.39, 0.29) is 0 Å². The first-order valence-electron chi connectivity index (χ1n) is 8.14. The Morgan fingerprint density at radius 2 is 1.40 bits per heavy atom. The Bertz CT molecular complexity index is 359. The Morgan fingerprint density at radius 3 is 1.95 bits per heavy atom. The second-order valence-electron chi connectivity index (χ2n) is 5.49. The van der Waals surface area contributed by atoms with Gasteiger partial charge in [0.25, 0.3) is 0 Å². The molecule has 0 amide bonds. The van der Waals surface area contributed by atoms with Crippen molar-refractivity contribution >= 4 is 5.71 Å². The molecule has 1 N–H and O–H groups in total. The Hall–Kier alpha value is -1.31. The Balaban J connectivity index is 2.06. The highest BCUT2D eigenvalue weighted by atomic mass is 16.4. The number of nitrogens with zero attached hydrogens (tertiary/aromatic N) is 1. The van der Waals surface area contributed by atoms with Crippen LogP contribution in [0, 0.1) is 0 Å². The second kappa shape index (κ2) is 11.5. The molecule has 2 heteroatoms. The van der Waals surface area contributed by atoms with Crippen molar-refractivity contribution in [3.8, 4) is 0 Å². The van der Waals surface area contributed by atoms with Crippen molar-refractivity contribution in [2.75, 3.05) is 0 Å². The zero-order valence-corrected chi connectivity index (χ0v) is 12.9. The molecule has 112 valence electrons. The van der Waals surface area contributed by atoms with Gasteiger partial charge in [0.1, 0.15) is 0 Å². The molecule has 0 bridgehead atoms. The molecule has 0 aliphatic carbocycles. The van der Waals surface area contributed by atoms with Gasteiger partial charge in [0.15, 0.2) is 0 Å². The van der Waals surface area contributed by atoms with Crippen molar-refractivity contribution in [3.63, 3.8) is 0 Å². The van der Waals surface area contributed by atoms with Crippen LogP contribution >= 0.6 is 0 Å². The molecule has 0 radical (unpaired) electrons.